The molecular formula is C15H21N3OS. The first-order valence-electron chi connectivity index (χ1n) is 7.01. The Labute approximate surface area is 123 Å². The predicted molar refractivity (Wildman–Crippen MR) is 82.0 cm³/mol. The van der Waals surface area contributed by atoms with Crippen molar-refractivity contribution >= 4 is 17.2 Å². The van der Waals surface area contributed by atoms with Crippen molar-refractivity contribution in [2.75, 3.05) is 6.54 Å². The van der Waals surface area contributed by atoms with Crippen molar-refractivity contribution in [3.05, 3.63) is 40.1 Å². The van der Waals surface area contributed by atoms with E-state index in [4.69, 9.17) is 0 Å². The number of amides is 1. The van der Waals surface area contributed by atoms with Crippen LogP contribution in [0.2, 0.25) is 0 Å². The molecule has 0 aliphatic carbocycles. The molecule has 1 N–H and O–H groups in total. The highest BCUT2D eigenvalue weighted by Gasteiger charge is 2.05. The molecule has 0 unspecified atom stereocenters. The molecule has 2 aromatic heterocycles. The molecule has 0 saturated heterocycles. The maximum atomic E-state index is 11.8. The molecule has 0 aromatic carbocycles. The third-order valence-corrected chi connectivity index (χ3v) is 4.25. The van der Waals surface area contributed by atoms with E-state index in [9.17, 15) is 4.79 Å². The second-order valence-electron chi connectivity index (χ2n) is 4.75. The Morgan fingerprint density at radius 3 is 3.00 bits per heavy atom. The number of hydrogen-bond donors (Lipinski definition) is 1. The lowest BCUT2D eigenvalue weighted by atomic mass is 10.3. The zero-order chi connectivity index (χ0) is 14.4. The van der Waals surface area contributed by atoms with E-state index in [2.05, 4.69) is 36.3 Å². The predicted octanol–water partition coefficient (Wildman–Crippen LogP) is 2.56. The smallest absolute Gasteiger partial charge is 0.221 e. The zero-order valence-corrected chi connectivity index (χ0v) is 12.9. The summed E-state index contributed by atoms with van der Waals surface area (Å²) < 4.78 is 2.04. The quantitative estimate of drug-likeness (QED) is 0.852. The lowest BCUT2D eigenvalue weighted by Gasteiger charge is -2.07. The average Bonchev–Trinajstić information content (AvgIpc) is 3.05. The van der Waals surface area contributed by atoms with E-state index < -0.39 is 0 Å². The van der Waals surface area contributed by atoms with E-state index >= 15 is 0 Å². The summed E-state index contributed by atoms with van der Waals surface area (Å²) in [5, 5.41) is 2.97. The van der Waals surface area contributed by atoms with Crippen molar-refractivity contribution in [1.29, 1.82) is 0 Å². The molecule has 0 spiro atoms. The first-order chi connectivity index (χ1) is 9.69. The molecular weight excluding hydrogens is 270 g/mol. The van der Waals surface area contributed by atoms with E-state index in [0.29, 0.717) is 19.5 Å². The number of nitrogens with one attached hydrogen (secondary N) is 1. The van der Waals surface area contributed by atoms with Gasteiger partial charge in [0.05, 0.1) is 0 Å². The van der Waals surface area contributed by atoms with Crippen molar-refractivity contribution < 1.29 is 4.79 Å². The highest BCUT2D eigenvalue weighted by atomic mass is 32.1. The topological polar surface area (TPSA) is 46.9 Å². The molecule has 0 aliphatic rings. The summed E-state index contributed by atoms with van der Waals surface area (Å²) in [7, 11) is 0. The second kappa shape index (κ2) is 7.24. The van der Waals surface area contributed by atoms with Gasteiger partial charge in [-0.05, 0) is 25.5 Å². The lowest BCUT2D eigenvalue weighted by Crippen LogP contribution is -2.26. The van der Waals surface area contributed by atoms with E-state index in [-0.39, 0.29) is 5.91 Å². The number of imidazole rings is 1. The number of aromatic nitrogens is 2. The highest BCUT2D eigenvalue weighted by Crippen LogP contribution is 2.14. The minimum absolute atomic E-state index is 0.106. The third-order valence-electron chi connectivity index (χ3n) is 3.19. The normalized spacial score (nSPS) is 10.7. The summed E-state index contributed by atoms with van der Waals surface area (Å²) in [6.45, 7) is 5.58. The van der Waals surface area contributed by atoms with Gasteiger partial charge in [-0.2, -0.15) is 0 Å². The van der Waals surface area contributed by atoms with Crippen LogP contribution in [0.4, 0.5) is 0 Å². The van der Waals surface area contributed by atoms with Crippen LogP contribution in [0.15, 0.2) is 24.5 Å². The summed E-state index contributed by atoms with van der Waals surface area (Å²) in [5.41, 5.74) is 0. The first-order valence-corrected chi connectivity index (χ1v) is 7.82. The Bertz CT molecular complexity index is 559. The van der Waals surface area contributed by atoms with E-state index in [0.717, 1.165) is 18.7 Å². The van der Waals surface area contributed by atoms with Crippen molar-refractivity contribution in [3.63, 3.8) is 0 Å². The molecule has 0 atom stereocenters. The fourth-order valence-electron chi connectivity index (χ4n) is 2.11. The number of nitrogens with zero attached hydrogens (tertiary/aromatic N) is 2. The molecule has 0 radical (unpaired) electrons. The summed E-state index contributed by atoms with van der Waals surface area (Å²) >= 11 is 1.79. The summed E-state index contributed by atoms with van der Waals surface area (Å²) in [5.74, 6) is 1.14. The Kier molecular flexibility index (Phi) is 5.35. The van der Waals surface area contributed by atoms with E-state index in [1.807, 2.05) is 10.8 Å². The number of rotatable bonds is 7. The Balaban J connectivity index is 1.68. The van der Waals surface area contributed by atoms with Gasteiger partial charge in [0.25, 0.3) is 0 Å². The van der Waals surface area contributed by atoms with Crippen LogP contribution in [-0.4, -0.2) is 22.0 Å². The van der Waals surface area contributed by atoms with E-state index in [1.54, 1.807) is 17.5 Å². The van der Waals surface area contributed by atoms with Crippen LogP contribution in [0, 0.1) is 6.92 Å². The molecule has 108 valence electrons. The van der Waals surface area contributed by atoms with Gasteiger partial charge in [0.1, 0.15) is 5.82 Å². The van der Waals surface area contributed by atoms with Gasteiger partial charge in [0, 0.05) is 48.1 Å². The van der Waals surface area contributed by atoms with Crippen molar-refractivity contribution in [2.45, 2.75) is 39.7 Å². The second-order valence-corrected chi connectivity index (χ2v) is 6.13. The third kappa shape index (κ3) is 4.20. The lowest BCUT2D eigenvalue weighted by molar-refractivity contribution is -0.121. The van der Waals surface area contributed by atoms with Crippen LogP contribution in [0.3, 0.4) is 0 Å². The fourth-order valence-corrected chi connectivity index (χ4v) is 3.00. The molecule has 1 amide bonds. The van der Waals surface area contributed by atoms with Gasteiger partial charge in [-0.25, -0.2) is 4.98 Å². The van der Waals surface area contributed by atoms with Crippen molar-refractivity contribution in [2.24, 2.45) is 0 Å². The van der Waals surface area contributed by atoms with Gasteiger partial charge in [-0.1, -0.05) is 6.92 Å². The van der Waals surface area contributed by atoms with Gasteiger partial charge in [-0.15, -0.1) is 11.3 Å². The van der Waals surface area contributed by atoms with Gasteiger partial charge >= 0.3 is 0 Å². The maximum absolute atomic E-state index is 11.8. The molecule has 20 heavy (non-hydrogen) atoms. The van der Waals surface area contributed by atoms with Gasteiger partial charge < -0.3 is 9.88 Å². The van der Waals surface area contributed by atoms with Crippen LogP contribution in [-0.2, 0) is 24.2 Å². The molecule has 5 heteroatoms. The number of aryl methyl sites for hydroxylation is 3. The molecule has 0 saturated carbocycles. The number of carbonyl (C=O) groups is 1. The van der Waals surface area contributed by atoms with Gasteiger partial charge in [-0.3, -0.25) is 4.79 Å². The van der Waals surface area contributed by atoms with Crippen LogP contribution in [0.1, 0.15) is 28.9 Å². The van der Waals surface area contributed by atoms with Crippen molar-refractivity contribution in [1.82, 2.24) is 14.9 Å². The number of thiophene rings is 1. The minimum atomic E-state index is 0.106. The Morgan fingerprint density at radius 2 is 2.30 bits per heavy atom. The zero-order valence-electron chi connectivity index (χ0n) is 12.1. The van der Waals surface area contributed by atoms with Gasteiger partial charge in [0.2, 0.25) is 5.91 Å². The highest BCUT2D eigenvalue weighted by molar-refractivity contribution is 7.11. The molecule has 0 bridgehead atoms. The molecule has 2 aromatic rings. The number of carbonyl (C=O) groups excluding carboxylic acids is 1. The van der Waals surface area contributed by atoms with Crippen LogP contribution in [0.5, 0.6) is 0 Å². The van der Waals surface area contributed by atoms with Gasteiger partial charge in [0.15, 0.2) is 0 Å². The Hall–Kier alpha value is -1.62. The average molecular weight is 291 g/mol. The summed E-state index contributed by atoms with van der Waals surface area (Å²) in [4.78, 5) is 18.7. The fraction of sp³-hybridized carbons (Fsp3) is 0.467. The molecule has 0 aliphatic heterocycles. The Morgan fingerprint density at radius 1 is 1.45 bits per heavy atom. The van der Waals surface area contributed by atoms with Crippen molar-refractivity contribution in [3.8, 4) is 0 Å². The molecule has 0 fully saturated rings. The molecule has 2 rings (SSSR count). The summed E-state index contributed by atoms with van der Waals surface area (Å²) in [6.07, 6.45) is 6.03. The summed E-state index contributed by atoms with van der Waals surface area (Å²) in [6, 6.07) is 4.25. The molecule has 2 heterocycles. The van der Waals surface area contributed by atoms with Crippen LogP contribution in [0.25, 0.3) is 0 Å². The minimum Gasteiger partial charge on any atom is -0.356 e. The standard InChI is InChI=1S/C15H21N3OS/c1-3-14-16-9-11-18(14)10-7-15(19)17-8-6-13-5-4-12(2)20-13/h4-5,9,11H,3,6-8,10H2,1-2H3,(H,17,19). The first kappa shape index (κ1) is 14.8. The monoisotopic (exact) mass is 291 g/mol. The van der Waals surface area contributed by atoms with Crippen LogP contribution >= 0.6 is 11.3 Å². The largest absolute Gasteiger partial charge is 0.356 e. The number of hydrogen-bond acceptors (Lipinski definition) is 3. The van der Waals surface area contributed by atoms with E-state index in [1.165, 1.54) is 9.75 Å². The molecule has 4 nitrogen and oxygen atoms in total. The maximum Gasteiger partial charge on any atom is 0.221 e. The SMILES string of the molecule is CCc1nccn1CCC(=O)NCCc1ccc(C)s1. The van der Waals surface area contributed by atoms with Crippen LogP contribution < -0.4 is 5.32 Å².